The first kappa shape index (κ1) is 12.4. The van der Waals surface area contributed by atoms with E-state index in [-0.39, 0.29) is 0 Å². The van der Waals surface area contributed by atoms with Crippen LogP contribution in [0.5, 0.6) is 0 Å². The lowest BCUT2D eigenvalue weighted by Crippen LogP contribution is -2.05. The summed E-state index contributed by atoms with van der Waals surface area (Å²) in [5.41, 5.74) is 9.41. The standard InChI is InChI=1S/C15H17N3S/c1-11-10-19-14(17-11)9-18-8-6-13-4-2-3-12(5-7-16)15(13)18/h2-4,6,8,10H,5,7,9,16H2,1H3. The summed E-state index contributed by atoms with van der Waals surface area (Å²) in [6, 6.07) is 8.58. The molecule has 0 amide bonds. The first-order chi connectivity index (χ1) is 9.28. The van der Waals surface area contributed by atoms with Crippen LogP contribution in [0.15, 0.2) is 35.8 Å². The molecule has 0 spiro atoms. The summed E-state index contributed by atoms with van der Waals surface area (Å²) in [5, 5.41) is 4.53. The molecule has 3 nitrogen and oxygen atoms in total. The van der Waals surface area contributed by atoms with Gasteiger partial charge in [0.2, 0.25) is 0 Å². The molecule has 0 radical (unpaired) electrons. The molecule has 0 aliphatic heterocycles. The average Bonchev–Trinajstić information content (AvgIpc) is 2.98. The molecular formula is C15H17N3S. The monoisotopic (exact) mass is 271 g/mol. The number of para-hydroxylation sites is 1. The molecule has 3 rings (SSSR count). The predicted molar refractivity (Wildman–Crippen MR) is 80.6 cm³/mol. The van der Waals surface area contributed by atoms with Crippen molar-refractivity contribution in [3.05, 3.63) is 52.1 Å². The van der Waals surface area contributed by atoms with Gasteiger partial charge in [0.15, 0.2) is 0 Å². The van der Waals surface area contributed by atoms with E-state index in [0.29, 0.717) is 6.54 Å². The van der Waals surface area contributed by atoms with Gasteiger partial charge < -0.3 is 10.3 Å². The number of thiazole rings is 1. The minimum absolute atomic E-state index is 0.681. The van der Waals surface area contributed by atoms with Gasteiger partial charge in [0.25, 0.3) is 0 Å². The van der Waals surface area contributed by atoms with E-state index in [9.17, 15) is 0 Å². The Morgan fingerprint density at radius 2 is 2.21 bits per heavy atom. The van der Waals surface area contributed by atoms with E-state index in [0.717, 1.165) is 23.7 Å². The van der Waals surface area contributed by atoms with Crippen molar-refractivity contribution in [2.75, 3.05) is 6.54 Å². The summed E-state index contributed by atoms with van der Waals surface area (Å²) in [5.74, 6) is 0. The van der Waals surface area contributed by atoms with Crippen LogP contribution in [0, 0.1) is 6.92 Å². The molecule has 0 saturated carbocycles. The number of rotatable bonds is 4. The molecule has 19 heavy (non-hydrogen) atoms. The van der Waals surface area contributed by atoms with Gasteiger partial charge in [-0.25, -0.2) is 4.98 Å². The Hall–Kier alpha value is -1.65. The smallest absolute Gasteiger partial charge is 0.113 e. The zero-order valence-corrected chi connectivity index (χ0v) is 11.8. The highest BCUT2D eigenvalue weighted by Gasteiger charge is 2.08. The van der Waals surface area contributed by atoms with Crippen LogP contribution in [0.1, 0.15) is 16.3 Å². The molecule has 0 aliphatic rings. The van der Waals surface area contributed by atoms with Crippen molar-refractivity contribution in [1.82, 2.24) is 9.55 Å². The minimum atomic E-state index is 0.681. The molecule has 2 heterocycles. The zero-order chi connectivity index (χ0) is 13.2. The second-order valence-electron chi connectivity index (χ2n) is 4.72. The summed E-state index contributed by atoms with van der Waals surface area (Å²) >= 11 is 1.72. The van der Waals surface area contributed by atoms with Crippen LogP contribution >= 0.6 is 11.3 Å². The summed E-state index contributed by atoms with van der Waals surface area (Å²) in [6.07, 6.45) is 3.06. The summed E-state index contributed by atoms with van der Waals surface area (Å²) in [4.78, 5) is 4.54. The van der Waals surface area contributed by atoms with Crippen molar-refractivity contribution in [2.24, 2.45) is 5.73 Å². The third-order valence-electron chi connectivity index (χ3n) is 3.26. The molecule has 98 valence electrons. The second-order valence-corrected chi connectivity index (χ2v) is 5.66. The van der Waals surface area contributed by atoms with E-state index in [4.69, 9.17) is 5.73 Å². The molecule has 0 fully saturated rings. The quantitative estimate of drug-likeness (QED) is 0.793. The fourth-order valence-electron chi connectivity index (χ4n) is 2.45. The zero-order valence-electron chi connectivity index (χ0n) is 11.0. The van der Waals surface area contributed by atoms with Crippen molar-refractivity contribution in [3.63, 3.8) is 0 Å². The maximum Gasteiger partial charge on any atom is 0.113 e. The van der Waals surface area contributed by atoms with Gasteiger partial charge in [0.1, 0.15) is 5.01 Å². The third-order valence-corrected chi connectivity index (χ3v) is 4.21. The molecule has 0 saturated heterocycles. The molecule has 0 unspecified atom stereocenters. The Kier molecular flexibility index (Phi) is 3.36. The molecule has 2 aromatic heterocycles. The highest BCUT2D eigenvalue weighted by atomic mass is 32.1. The molecule has 4 heteroatoms. The van der Waals surface area contributed by atoms with Gasteiger partial charge in [0, 0.05) is 17.3 Å². The molecule has 2 N–H and O–H groups in total. The van der Waals surface area contributed by atoms with Gasteiger partial charge in [-0.2, -0.15) is 0 Å². The lowest BCUT2D eigenvalue weighted by Gasteiger charge is -2.08. The van der Waals surface area contributed by atoms with E-state index in [1.165, 1.54) is 16.5 Å². The SMILES string of the molecule is Cc1csc(Cn2ccc3cccc(CCN)c32)n1. The number of hydrogen-bond acceptors (Lipinski definition) is 3. The second kappa shape index (κ2) is 5.15. The lowest BCUT2D eigenvalue weighted by molar-refractivity contribution is 0.817. The maximum absolute atomic E-state index is 5.71. The summed E-state index contributed by atoms with van der Waals surface area (Å²) < 4.78 is 2.28. The third kappa shape index (κ3) is 2.41. The number of benzene rings is 1. The van der Waals surface area contributed by atoms with Crippen molar-refractivity contribution < 1.29 is 0 Å². The van der Waals surface area contributed by atoms with E-state index in [2.05, 4.69) is 45.4 Å². The Labute approximate surface area is 116 Å². The molecule has 3 aromatic rings. The van der Waals surface area contributed by atoms with Crippen LogP contribution in [0.4, 0.5) is 0 Å². The molecule has 0 aliphatic carbocycles. The first-order valence-corrected chi connectivity index (χ1v) is 7.33. The maximum atomic E-state index is 5.71. The first-order valence-electron chi connectivity index (χ1n) is 6.46. The number of nitrogens with two attached hydrogens (primary N) is 1. The molecule has 0 bridgehead atoms. The highest BCUT2D eigenvalue weighted by molar-refractivity contribution is 7.09. The van der Waals surface area contributed by atoms with Crippen LogP contribution in [-0.2, 0) is 13.0 Å². The van der Waals surface area contributed by atoms with E-state index >= 15 is 0 Å². The topological polar surface area (TPSA) is 43.8 Å². The fourth-order valence-corrected chi connectivity index (χ4v) is 3.22. The van der Waals surface area contributed by atoms with Gasteiger partial charge in [-0.15, -0.1) is 11.3 Å². The van der Waals surface area contributed by atoms with Crippen molar-refractivity contribution in [2.45, 2.75) is 19.9 Å². The largest absolute Gasteiger partial charge is 0.340 e. The van der Waals surface area contributed by atoms with Crippen LogP contribution < -0.4 is 5.73 Å². The number of aromatic nitrogens is 2. The Balaban J connectivity index is 2.03. The summed E-state index contributed by atoms with van der Waals surface area (Å²) in [6.45, 7) is 3.55. The lowest BCUT2D eigenvalue weighted by atomic mass is 10.1. The normalized spacial score (nSPS) is 11.3. The van der Waals surface area contributed by atoms with Crippen LogP contribution in [-0.4, -0.2) is 16.1 Å². The van der Waals surface area contributed by atoms with E-state index in [1.54, 1.807) is 11.3 Å². The highest BCUT2D eigenvalue weighted by Crippen LogP contribution is 2.22. The Bertz CT molecular complexity index is 696. The van der Waals surface area contributed by atoms with Gasteiger partial charge in [-0.1, -0.05) is 18.2 Å². The van der Waals surface area contributed by atoms with Gasteiger partial charge in [-0.05, 0) is 36.9 Å². The van der Waals surface area contributed by atoms with Crippen molar-refractivity contribution in [1.29, 1.82) is 0 Å². The molecule has 1 aromatic carbocycles. The van der Waals surface area contributed by atoms with Crippen LogP contribution in [0.3, 0.4) is 0 Å². The number of aryl methyl sites for hydroxylation is 1. The van der Waals surface area contributed by atoms with Crippen LogP contribution in [0.2, 0.25) is 0 Å². The fraction of sp³-hybridized carbons (Fsp3) is 0.267. The predicted octanol–water partition coefficient (Wildman–Crippen LogP) is 2.96. The van der Waals surface area contributed by atoms with Crippen molar-refractivity contribution >= 4 is 22.2 Å². The van der Waals surface area contributed by atoms with Gasteiger partial charge in [0.05, 0.1) is 12.1 Å². The Morgan fingerprint density at radius 3 is 2.95 bits per heavy atom. The van der Waals surface area contributed by atoms with Gasteiger partial charge >= 0.3 is 0 Å². The van der Waals surface area contributed by atoms with Crippen LogP contribution in [0.25, 0.3) is 10.9 Å². The Morgan fingerprint density at radius 1 is 1.32 bits per heavy atom. The average molecular weight is 271 g/mol. The molecule has 0 atom stereocenters. The minimum Gasteiger partial charge on any atom is -0.340 e. The number of fused-ring (bicyclic) bond motifs is 1. The number of nitrogens with zero attached hydrogens (tertiary/aromatic N) is 2. The van der Waals surface area contributed by atoms with Gasteiger partial charge in [-0.3, -0.25) is 0 Å². The molecular weight excluding hydrogens is 254 g/mol. The summed E-state index contributed by atoms with van der Waals surface area (Å²) in [7, 11) is 0. The van der Waals surface area contributed by atoms with E-state index in [1.807, 2.05) is 6.92 Å². The van der Waals surface area contributed by atoms with Crippen molar-refractivity contribution in [3.8, 4) is 0 Å². The number of hydrogen-bond donors (Lipinski definition) is 1. The van der Waals surface area contributed by atoms with E-state index < -0.39 is 0 Å².